The van der Waals surface area contributed by atoms with Crippen LogP contribution in [0.1, 0.15) is 0 Å². The minimum atomic E-state index is -0.0695. The van der Waals surface area contributed by atoms with Crippen LogP contribution in [-0.4, -0.2) is 51.0 Å². The summed E-state index contributed by atoms with van der Waals surface area (Å²) in [6.45, 7) is 1.98. The van der Waals surface area contributed by atoms with Gasteiger partial charge in [0.15, 0.2) is 0 Å². The van der Waals surface area contributed by atoms with Crippen molar-refractivity contribution in [2.45, 2.75) is 0 Å². The number of methoxy groups -OCH3 is 1. The van der Waals surface area contributed by atoms with Crippen LogP contribution >= 0.6 is 37.9 Å². The average Bonchev–Trinajstić information content (AvgIpc) is 2.29. The molecule has 0 N–H and O–H groups in total. The standard InChI is InChI=1S/C9H20O3S3/c1-10-2-3-11-8-12-4-9(5-13,6-14)7-15/h13-15H,2-8H2,1H3. The predicted octanol–water partition coefficient (Wildman–Crippen LogP) is 1.40. The summed E-state index contributed by atoms with van der Waals surface area (Å²) in [4.78, 5) is 0. The number of thiol groups is 3. The third kappa shape index (κ3) is 6.97. The van der Waals surface area contributed by atoms with E-state index >= 15 is 0 Å². The van der Waals surface area contributed by atoms with Crippen LogP contribution in [0.3, 0.4) is 0 Å². The zero-order valence-electron chi connectivity index (χ0n) is 9.02. The van der Waals surface area contributed by atoms with E-state index in [2.05, 4.69) is 37.9 Å². The van der Waals surface area contributed by atoms with Crippen LogP contribution in [0, 0.1) is 5.41 Å². The normalized spacial score (nSPS) is 12.0. The third-order valence-electron chi connectivity index (χ3n) is 2.01. The van der Waals surface area contributed by atoms with Crippen LogP contribution in [-0.2, 0) is 14.2 Å². The molecule has 0 aromatic carbocycles. The van der Waals surface area contributed by atoms with Crippen LogP contribution in [0.25, 0.3) is 0 Å². The highest BCUT2D eigenvalue weighted by molar-refractivity contribution is 7.82. The van der Waals surface area contributed by atoms with Gasteiger partial charge in [0, 0.05) is 12.5 Å². The van der Waals surface area contributed by atoms with Gasteiger partial charge in [-0.25, -0.2) is 0 Å². The molecule has 0 aliphatic carbocycles. The molecule has 6 heteroatoms. The van der Waals surface area contributed by atoms with Gasteiger partial charge in [-0.3, -0.25) is 0 Å². The van der Waals surface area contributed by atoms with Crippen molar-refractivity contribution in [3.05, 3.63) is 0 Å². The molecule has 0 fully saturated rings. The molecule has 0 radical (unpaired) electrons. The van der Waals surface area contributed by atoms with Crippen molar-refractivity contribution < 1.29 is 14.2 Å². The highest BCUT2D eigenvalue weighted by Gasteiger charge is 2.25. The van der Waals surface area contributed by atoms with E-state index in [1.165, 1.54) is 0 Å². The van der Waals surface area contributed by atoms with Gasteiger partial charge in [-0.1, -0.05) is 0 Å². The molecule has 0 saturated heterocycles. The average molecular weight is 272 g/mol. The van der Waals surface area contributed by atoms with Crippen LogP contribution in [0.15, 0.2) is 0 Å². The Labute approximate surface area is 108 Å². The van der Waals surface area contributed by atoms with E-state index in [1.807, 2.05) is 0 Å². The van der Waals surface area contributed by atoms with E-state index in [-0.39, 0.29) is 12.2 Å². The van der Waals surface area contributed by atoms with E-state index in [0.717, 1.165) is 0 Å². The number of ether oxygens (including phenoxy) is 3. The topological polar surface area (TPSA) is 27.7 Å². The second kappa shape index (κ2) is 10.1. The molecular weight excluding hydrogens is 252 g/mol. The lowest BCUT2D eigenvalue weighted by Gasteiger charge is -2.28. The maximum absolute atomic E-state index is 5.39. The molecule has 0 rings (SSSR count). The summed E-state index contributed by atoms with van der Waals surface area (Å²) in [6, 6.07) is 0. The summed E-state index contributed by atoms with van der Waals surface area (Å²) >= 11 is 12.8. The fourth-order valence-corrected chi connectivity index (χ4v) is 2.28. The van der Waals surface area contributed by atoms with Gasteiger partial charge in [0.2, 0.25) is 0 Å². The lowest BCUT2D eigenvalue weighted by atomic mass is 9.97. The second-order valence-corrected chi connectivity index (χ2v) is 4.29. The molecule has 0 aliphatic rings. The Morgan fingerprint density at radius 2 is 1.53 bits per heavy atom. The smallest absolute Gasteiger partial charge is 0.146 e. The van der Waals surface area contributed by atoms with E-state index < -0.39 is 0 Å². The molecule has 0 amide bonds. The summed E-state index contributed by atoms with van der Waals surface area (Å²) < 4.78 is 15.4. The fourth-order valence-electron chi connectivity index (χ4n) is 0.805. The minimum Gasteiger partial charge on any atom is -0.382 e. The molecule has 0 unspecified atom stereocenters. The number of hydrogen-bond acceptors (Lipinski definition) is 6. The van der Waals surface area contributed by atoms with Crippen molar-refractivity contribution in [3.63, 3.8) is 0 Å². The largest absolute Gasteiger partial charge is 0.382 e. The first-order valence-corrected chi connectivity index (χ1v) is 6.61. The Morgan fingerprint density at radius 1 is 0.933 bits per heavy atom. The van der Waals surface area contributed by atoms with Gasteiger partial charge in [-0.2, -0.15) is 37.9 Å². The van der Waals surface area contributed by atoms with E-state index in [9.17, 15) is 0 Å². The van der Waals surface area contributed by atoms with Crippen molar-refractivity contribution in [3.8, 4) is 0 Å². The Bertz CT molecular complexity index is 134. The van der Waals surface area contributed by atoms with Crippen LogP contribution in [0.2, 0.25) is 0 Å². The number of hydrogen-bond donors (Lipinski definition) is 3. The van der Waals surface area contributed by atoms with E-state index in [0.29, 0.717) is 37.1 Å². The lowest BCUT2D eigenvalue weighted by Crippen LogP contribution is -2.33. The molecule has 15 heavy (non-hydrogen) atoms. The Balaban J connectivity index is 3.54. The first-order valence-electron chi connectivity index (χ1n) is 4.71. The maximum Gasteiger partial charge on any atom is 0.146 e. The first kappa shape index (κ1) is 15.9. The zero-order valence-corrected chi connectivity index (χ0v) is 11.7. The molecule has 92 valence electrons. The molecule has 0 aromatic heterocycles. The van der Waals surface area contributed by atoms with Crippen molar-refractivity contribution >= 4 is 37.9 Å². The molecule has 0 aromatic rings. The van der Waals surface area contributed by atoms with Gasteiger partial charge < -0.3 is 14.2 Å². The molecule has 0 bridgehead atoms. The number of rotatable bonds is 10. The summed E-state index contributed by atoms with van der Waals surface area (Å²) in [5.41, 5.74) is -0.0695. The molecular formula is C9H20O3S3. The van der Waals surface area contributed by atoms with Gasteiger partial charge in [-0.15, -0.1) is 0 Å². The van der Waals surface area contributed by atoms with Crippen LogP contribution < -0.4 is 0 Å². The quantitative estimate of drug-likeness (QED) is 0.319. The summed E-state index contributed by atoms with van der Waals surface area (Å²) in [7, 11) is 1.64. The van der Waals surface area contributed by atoms with E-state index in [1.54, 1.807) is 7.11 Å². The van der Waals surface area contributed by atoms with Crippen LogP contribution in [0.5, 0.6) is 0 Å². The molecule has 3 nitrogen and oxygen atoms in total. The summed E-state index contributed by atoms with van der Waals surface area (Å²) in [6.07, 6.45) is 0. The highest BCUT2D eigenvalue weighted by Crippen LogP contribution is 2.23. The molecule has 0 saturated carbocycles. The van der Waals surface area contributed by atoms with Gasteiger partial charge in [0.05, 0.1) is 19.8 Å². The fraction of sp³-hybridized carbons (Fsp3) is 1.00. The lowest BCUT2D eigenvalue weighted by molar-refractivity contribution is -0.0812. The van der Waals surface area contributed by atoms with E-state index in [4.69, 9.17) is 14.2 Å². The molecule has 0 spiro atoms. The SMILES string of the molecule is COCCOCOCC(CS)(CS)CS. The molecule has 0 aliphatic heterocycles. The zero-order chi connectivity index (χ0) is 11.6. The van der Waals surface area contributed by atoms with Gasteiger partial charge >= 0.3 is 0 Å². The highest BCUT2D eigenvalue weighted by atomic mass is 32.1. The van der Waals surface area contributed by atoms with Crippen LogP contribution in [0.4, 0.5) is 0 Å². The van der Waals surface area contributed by atoms with Crippen molar-refractivity contribution in [2.24, 2.45) is 5.41 Å². The molecule has 0 heterocycles. The summed E-state index contributed by atoms with van der Waals surface area (Å²) in [5, 5.41) is 0. The van der Waals surface area contributed by atoms with Gasteiger partial charge in [0.25, 0.3) is 0 Å². The summed E-state index contributed by atoms with van der Waals surface area (Å²) in [5.74, 6) is 2.12. The Morgan fingerprint density at radius 3 is 2.00 bits per heavy atom. The monoisotopic (exact) mass is 272 g/mol. The second-order valence-electron chi connectivity index (χ2n) is 3.34. The van der Waals surface area contributed by atoms with Gasteiger partial charge in [0.1, 0.15) is 6.79 Å². The van der Waals surface area contributed by atoms with Crippen molar-refractivity contribution in [2.75, 3.05) is 51.0 Å². The Hall–Kier alpha value is 0.930. The Kier molecular flexibility index (Phi) is 10.7. The molecule has 0 atom stereocenters. The van der Waals surface area contributed by atoms with Crippen molar-refractivity contribution in [1.29, 1.82) is 0 Å². The van der Waals surface area contributed by atoms with Gasteiger partial charge in [-0.05, 0) is 17.3 Å². The predicted molar refractivity (Wildman–Crippen MR) is 72.6 cm³/mol. The first-order chi connectivity index (χ1) is 7.24. The minimum absolute atomic E-state index is 0.0695. The maximum atomic E-state index is 5.39. The van der Waals surface area contributed by atoms with Crippen molar-refractivity contribution in [1.82, 2.24) is 0 Å². The third-order valence-corrected chi connectivity index (χ3v) is 4.03.